The van der Waals surface area contributed by atoms with E-state index >= 15 is 0 Å². The van der Waals surface area contributed by atoms with Gasteiger partial charge in [-0.05, 0) is 67.0 Å². The van der Waals surface area contributed by atoms with E-state index in [4.69, 9.17) is 0 Å². The number of amides is 2. The highest BCUT2D eigenvalue weighted by molar-refractivity contribution is 5.75. The number of aryl methyl sites for hydroxylation is 1. The second-order valence-corrected chi connectivity index (χ2v) is 9.13. The lowest BCUT2D eigenvalue weighted by Crippen LogP contribution is -2.60. The number of hydrogen-bond acceptors (Lipinski definition) is 4. The molecule has 2 aliphatic heterocycles. The predicted molar refractivity (Wildman–Crippen MR) is 112 cm³/mol. The minimum Gasteiger partial charge on any atom is -0.335 e. The third-order valence-corrected chi connectivity index (χ3v) is 7.01. The molecule has 5 unspecified atom stereocenters. The zero-order valence-corrected chi connectivity index (χ0v) is 17.7. The van der Waals surface area contributed by atoms with Crippen molar-refractivity contribution in [1.29, 1.82) is 0 Å². The maximum atomic E-state index is 12.8. The number of carbonyl (C=O) groups is 1. The first-order chi connectivity index (χ1) is 15.3. The van der Waals surface area contributed by atoms with Crippen LogP contribution in [0, 0.1) is 18.8 Å². The maximum Gasteiger partial charge on any atom is 0.416 e. The SMILES string of the molecule is Cc1cc(C2NNC3CC4NC(=O)N(Cc5ccc(C(F)(F)F)cc5)CC4CC32)ccn1. The van der Waals surface area contributed by atoms with Crippen molar-refractivity contribution >= 4 is 6.03 Å². The van der Waals surface area contributed by atoms with E-state index in [1.165, 1.54) is 17.7 Å². The molecule has 1 aromatic carbocycles. The molecule has 170 valence electrons. The number of aromatic nitrogens is 1. The summed E-state index contributed by atoms with van der Waals surface area (Å²) < 4.78 is 38.5. The highest BCUT2D eigenvalue weighted by Gasteiger charge is 2.47. The average molecular weight is 445 g/mol. The fourth-order valence-electron chi connectivity index (χ4n) is 5.40. The summed E-state index contributed by atoms with van der Waals surface area (Å²) in [4.78, 5) is 18.7. The smallest absolute Gasteiger partial charge is 0.335 e. The second kappa shape index (κ2) is 8.04. The van der Waals surface area contributed by atoms with Crippen LogP contribution >= 0.6 is 0 Å². The molecule has 3 fully saturated rings. The number of halogens is 3. The van der Waals surface area contributed by atoms with Gasteiger partial charge in [0.25, 0.3) is 0 Å². The summed E-state index contributed by atoms with van der Waals surface area (Å²) in [6, 6.07) is 9.59. The topological polar surface area (TPSA) is 69.3 Å². The van der Waals surface area contributed by atoms with Gasteiger partial charge in [-0.15, -0.1) is 0 Å². The molecule has 2 amide bonds. The first kappa shape index (κ1) is 21.2. The van der Waals surface area contributed by atoms with Crippen LogP contribution in [0.15, 0.2) is 42.6 Å². The molecule has 1 saturated carbocycles. The summed E-state index contributed by atoms with van der Waals surface area (Å²) >= 11 is 0. The van der Waals surface area contributed by atoms with Gasteiger partial charge in [0.05, 0.1) is 11.6 Å². The fourth-order valence-corrected chi connectivity index (χ4v) is 5.40. The number of pyridine rings is 1. The van der Waals surface area contributed by atoms with Gasteiger partial charge in [0.1, 0.15) is 0 Å². The highest BCUT2D eigenvalue weighted by Crippen LogP contribution is 2.42. The summed E-state index contributed by atoms with van der Waals surface area (Å²) in [5, 5.41) is 3.13. The summed E-state index contributed by atoms with van der Waals surface area (Å²) in [6.07, 6.45) is -0.730. The first-order valence-corrected chi connectivity index (χ1v) is 10.9. The normalized spacial score (nSPS) is 29.9. The van der Waals surface area contributed by atoms with Gasteiger partial charge < -0.3 is 10.2 Å². The monoisotopic (exact) mass is 445 g/mol. The molecule has 3 heterocycles. The van der Waals surface area contributed by atoms with E-state index in [-0.39, 0.29) is 30.1 Å². The molecule has 0 radical (unpaired) electrons. The average Bonchev–Trinajstić information content (AvgIpc) is 3.15. The molecule has 9 heteroatoms. The van der Waals surface area contributed by atoms with Crippen LogP contribution in [0.4, 0.5) is 18.0 Å². The predicted octanol–water partition coefficient (Wildman–Crippen LogP) is 3.55. The van der Waals surface area contributed by atoms with Crippen LogP contribution in [-0.2, 0) is 12.7 Å². The van der Waals surface area contributed by atoms with E-state index in [1.807, 2.05) is 19.2 Å². The molecule has 0 spiro atoms. The molecule has 0 bridgehead atoms. The summed E-state index contributed by atoms with van der Waals surface area (Å²) in [7, 11) is 0. The van der Waals surface area contributed by atoms with E-state index in [0.717, 1.165) is 30.7 Å². The molecule has 2 aromatic rings. The Kier molecular flexibility index (Phi) is 5.33. The van der Waals surface area contributed by atoms with Crippen molar-refractivity contribution < 1.29 is 18.0 Å². The van der Waals surface area contributed by atoms with Crippen molar-refractivity contribution in [3.05, 3.63) is 65.0 Å². The van der Waals surface area contributed by atoms with Crippen molar-refractivity contribution in [2.24, 2.45) is 11.8 Å². The van der Waals surface area contributed by atoms with E-state index in [9.17, 15) is 18.0 Å². The molecule has 3 aliphatic rings. The highest BCUT2D eigenvalue weighted by atomic mass is 19.4. The van der Waals surface area contributed by atoms with Gasteiger partial charge >= 0.3 is 12.2 Å². The Morgan fingerprint density at radius 3 is 2.59 bits per heavy atom. The molecule has 6 nitrogen and oxygen atoms in total. The van der Waals surface area contributed by atoms with Gasteiger partial charge in [-0.2, -0.15) is 13.2 Å². The number of alkyl halides is 3. The lowest BCUT2D eigenvalue weighted by molar-refractivity contribution is -0.137. The number of nitrogens with one attached hydrogen (secondary N) is 3. The van der Waals surface area contributed by atoms with Crippen LogP contribution < -0.4 is 16.2 Å². The lowest BCUT2D eigenvalue weighted by atomic mass is 9.71. The fraction of sp³-hybridized carbons (Fsp3) is 0.478. The maximum absolute atomic E-state index is 12.8. The molecule has 5 atom stereocenters. The van der Waals surface area contributed by atoms with Crippen LogP contribution in [0.2, 0.25) is 0 Å². The van der Waals surface area contributed by atoms with Crippen molar-refractivity contribution in [2.75, 3.05) is 6.54 Å². The minimum absolute atomic E-state index is 0.0971. The number of carbonyl (C=O) groups excluding carboxylic acids is 1. The number of urea groups is 1. The Labute approximate surface area is 184 Å². The summed E-state index contributed by atoms with van der Waals surface area (Å²) in [6.45, 7) is 2.88. The van der Waals surface area contributed by atoms with Gasteiger partial charge in [0, 0.05) is 37.1 Å². The molecule has 2 saturated heterocycles. The quantitative estimate of drug-likeness (QED) is 0.676. The number of hydrogen-bond donors (Lipinski definition) is 3. The number of fused-ring (bicyclic) bond motifs is 2. The minimum atomic E-state index is -4.36. The Balaban J connectivity index is 1.28. The second-order valence-electron chi connectivity index (χ2n) is 9.13. The van der Waals surface area contributed by atoms with Gasteiger partial charge in [-0.1, -0.05) is 12.1 Å². The van der Waals surface area contributed by atoms with Crippen LogP contribution in [0.1, 0.15) is 41.3 Å². The number of benzene rings is 1. The number of nitrogens with zero attached hydrogens (tertiary/aromatic N) is 2. The van der Waals surface area contributed by atoms with Crippen LogP contribution in [0.5, 0.6) is 0 Å². The Hall–Kier alpha value is -2.65. The Morgan fingerprint density at radius 2 is 1.88 bits per heavy atom. The molecular weight excluding hydrogens is 419 g/mol. The van der Waals surface area contributed by atoms with Crippen LogP contribution in [-0.4, -0.2) is 34.5 Å². The zero-order chi connectivity index (χ0) is 22.5. The van der Waals surface area contributed by atoms with Crippen molar-refractivity contribution in [3.63, 3.8) is 0 Å². The van der Waals surface area contributed by atoms with Gasteiger partial charge in [-0.3, -0.25) is 10.4 Å². The van der Waals surface area contributed by atoms with Gasteiger partial charge in [0.2, 0.25) is 0 Å². The summed E-state index contributed by atoms with van der Waals surface area (Å²) in [5.74, 6) is 0.677. The molecule has 1 aromatic heterocycles. The molecule has 1 aliphatic carbocycles. The lowest BCUT2D eigenvalue weighted by Gasteiger charge is -2.45. The summed E-state index contributed by atoms with van der Waals surface area (Å²) in [5.41, 5.74) is 9.05. The van der Waals surface area contributed by atoms with Crippen LogP contribution in [0.3, 0.4) is 0 Å². The van der Waals surface area contributed by atoms with E-state index < -0.39 is 11.7 Å². The largest absolute Gasteiger partial charge is 0.416 e. The standard InChI is InChI=1S/C23H26F3N5O/c1-13-8-15(6-7-27-13)21-18-9-16-12-31(22(32)28-19(16)10-20(18)29-30-21)11-14-2-4-17(5-3-14)23(24,25)26/h2-8,16,18-21,29-30H,9-12H2,1H3,(H,28,32). The van der Waals surface area contributed by atoms with Crippen molar-refractivity contribution in [2.45, 2.75) is 50.6 Å². The number of hydrazine groups is 1. The van der Waals surface area contributed by atoms with E-state index in [2.05, 4.69) is 27.2 Å². The zero-order valence-electron chi connectivity index (χ0n) is 17.7. The van der Waals surface area contributed by atoms with Crippen molar-refractivity contribution in [3.8, 4) is 0 Å². The Bertz CT molecular complexity index is 996. The first-order valence-electron chi connectivity index (χ1n) is 10.9. The molecular formula is C23H26F3N5O. The third-order valence-electron chi connectivity index (χ3n) is 7.01. The van der Waals surface area contributed by atoms with Crippen LogP contribution in [0.25, 0.3) is 0 Å². The van der Waals surface area contributed by atoms with Gasteiger partial charge in [0.15, 0.2) is 0 Å². The van der Waals surface area contributed by atoms with E-state index in [1.54, 1.807) is 4.90 Å². The van der Waals surface area contributed by atoms with E-state index in [0.29, 0.717) is 24.6 Å². The molecule has 5 rings (SSSR count). The van der Waals surface area contributed by atoms with Gasteiger partial charge in [-0.25, -0.2) is 10.2 Å². The Morgan fingerprint density at radius 1 is 1.09 bits per heavy atom. The van der Waals surface area contributed by atoms with Crippen molar-refractivity contribution in [1.82, 2.24) is 26.1 Å². The third kappa shape index (κ3) is 4.06. The number of rotatable bonds is 3. The molecule has 32 heavy (non-hydrogen) atoms. The molecule has 3 N–H and O–H groups in total.